The van der Waals surface area contributed by atoms with Gasteiger partial charge >= 0.3 is 0 Å². The number of hydrogen-bond acceptors (Lipinski definition) is 9. The lowest BCUT2D eigenvalue weighted by molar-refractivity contribution is -0.141. The minimum atomic E-state index is -4.26. The first-order chi connectivity index (χ1) is 25.0. The molecule has 1 aromatic heterocycles. The molecular weight excluding hydrogens is 426 g/mol. The Kier molecular flexibility index (Phi) is 1.88. The van der Waals surface area contributed by atoms with Crippen molar-refractivity contribution in [2.45, 2.75) is 6.08 Å². The lowest BCUT2D eigenvalue weighted by Crippen LogP contribution is -2.54. The lowest BCUT2D eigenvalue weighted by Gasteiger charge is -2.37. The number of nitrogens with two attached hydrogens (primary N) is 1. The highest BCUT2D eigenvalue weighted by Crippen LogP contribution is 2.34. The largest absolute Gasteiger partial charge is 0.493 e. The summed E-state index contributed by atoms with van der Waals surface area (Å²) < 4.78 is 208. The Morgan fingerprint density at radius 3 is 2.67 bits per heavy atom. The summed E-state index contributed by atoms with van der Waals surface area (Å²) in [7, 11) is -6.81. The van der Waals surface area contributed by atoms with Crippen molar-refractivity contribution in [1.82, 2.24) is 14.9 Å². The van der Waals surface area contributed by atoms with E-state index < -0.39 is 150 Å². The van der Waals surface area contributed by atoms with Gasteiger partial charge in [-0.05, 0) is 18.1 Å². The molecule has 3 heterocycles. The number of hydrogen-bond donors (Lipinski definition) is 1. The number of carbonyl (C=O) groups is 1. The van der Waals surface area contributed by atoms with Crippen molar-refractivity contribution in [3.05, 3.63) is 36.3 Å². The van der Waals surface area contributed by atoms with Crippen LogP contribution < -0.4 is 29.6 Å². The predicted molar refractivity (Wildman–Crippen MR) is 122 cm³/mol. The predicted octanol–water partition coefficient (Wildman–Crippen LogP) is 1.72. The van der Waals surface area contributed by atoms with Crippen LogP contribution in [0.1, 0.15) is 31.5 Å². The molecule has 1 atom stereocenters. The third-order valence-corrected chi connectivity index (χ3v) is 4.02. The fraction of sp³-hybridized carbons (Fsp3) is 0.348. The summed E-state index contributed by atoms with van der Waals surface area (Å²) in [6.07, 6.45) is -4.09. The van der Waals surface area contributed by atoms with E-state index in [4.69, 9.17) is 56.2 Å². The fourth-order valence-electron chi connectivity index (χ4n) is 2.56. The molecule has 2 N–H and O–H groups in total. The summed E-state index contributed by atoms with van der Waals surface area (Å²) in [5, 5.41) is -0.775. The maximum Gasteiger partial charge on any atom is 0.267 e. The molecule has 1 fully saturated rings. The van der Waals surface area contributed by atoms with Gasteiger partial charge in [0.15, 0.2) is 23.0 Å². The van der Waals surface area contributed by atoms with E-state index >= 15 is 0 Å². The number of amides is 1. The van der Waals surface area contributed by atoms with Gasteiger partial charge in [-0.3, -0.25) is 4.79 Å². The molecule has 172 valence electrons. The fourth-order valence-corrected chi connectivity index (χ4v) is 2.56. The van der Waals surface area contributed by atoms with Gasteiger partial charge in [0, 0.05) is 37.4 Å². The topological polar surface area (TPSA) is 112 Å². The minimum Gasteiger partial charge on any atom is -0.493 e. The number of nitrogen functional groups attached to an aromatic ring is 1. The molecule has 0 radical (unpaired) electrons. The Balaban J connectivity index is 1.73. The summed E-state index contributed by atoms with van der Waals surface area (Å²) in [5.41, 5.74) is 5.00. The highest BCUT2D eigenvalue weighted by molar-refractivity contribution is 5.91. The highest BCUT2D eigenvalue weighted by Gasteiger charge is 2.33. The van der Waals surface area contributed by atoms with Crippen molar-refractivity contribution < 1.29 is 55.3 Å². The Hall–Kier alpha value is -3.95. The third kappa shape index (κ3) is 3.88. The number of ether oxygens (including phenoxy) is 4. The van der Waals surface area contributed by atoms with Gasteiger partial charge < -0.3 is 34.5 Å². The quantitative estimate of drug-likeness (QED) is 0.604. The Labute approximate surface area is 223 Å². The number of benzene rings is 2. The van der Waals surface area contributed by atoms with Crippen LogP contribution in [-0.4, -0.2) is 73.5 Å². The first-order valence-corrected chi connectivity index (χ1v) is 8.61. The van der Waals surface area contributed by atoms with E-state index in [1.807, 2.05) is 0 Å². The zero-order valence-corrected chi connectivity index (χ0v) is 15.9. The van der Waals surface area contributed by atoms with Crippen LogP contribution in [0.3, 0.4) is 0 Å². The summed E-state index contributed by atoms with van der Waals surface area (Å²) >= 11 is 0. The van der Waals surface area contributed by atoms with Crippen molar-refractivity contribution in [2.75, 3.05) is 57.3 Å². The minimum absolute atomic E-state index is 0.422. The third-order valence-electron chi connectivity index (χ3n) is 4.02. The van der Waals surface area contributed by atoms with E-state index in [1.165, 1.54) is 0 Å². The molecule has 0 spiro atoms. The van der Waals surface area contributed by atoms with E-state index in [9.17, 15) is 4.79 Å². The molecular formula is C23H25N5O5. The molecule has 5 rings (SSSR count). The molecule has 0 aliphatic carbocycles. The molecule has 2 aliphatic rings. The number of piperazine rings is 1. The van der Waals surface area contributed by atoms with Gasteiger partial charge in [-0.2, -0.15) is 4.98 Å². The van der Waals surface area contributed by atoms with Crippen LogP contribution in [0.4, 0.5) is 11.8 Å². The monoisotopic (exact) mass is 474 g/mol. The molecule has 0 bridgehead atoms. The average Bonchev–Trinajstić information content (AvgIpc) is 3.01. The van der Waals surface area contributed by atoms with E-state index in [0.717, 1.165) is 0 Å². The van der Waals surface area contributed by atoms with Crippen LogP contribution >= 0.6 is 0 Å². The number of para-hydroxylation sites is 2. The standard InChI is InChI=1S/C23H25N5O5/c1-30-18-11-14-15(12-19(18)31-2)25-23(26-21(14)24)28-9-7-27(8-10-28)22(29)20-13-32-16-5-3-4-6-17(16)33-20/h3-6,11-12,20H,7-10,13H2,1-2H3,(H2,24,25,26)/i1D3,2D3,3D,4D,5D,6D,7D2,8D2,9D2,10D2,11D,12D,13D2,20D. The first-order valence-electron chi connectivity index (χ1n) is 20.1. The molecule has 1 unspecified atom stereocenters. The summed E-state index contributed by atoms with van der Waals surface area (Å²) in [6, 6.07) is -6.45. The van der Waals surface area contributed by atoms with E-state index in [0.29, 0.717) is 0 Å². The van der Waals surface area contributed by atoms with Gasteiger partial charge in [-0.15, -0.1) is 0 Å². The number of rotatable bonds is 4. The van der Waals surface area contributed by atoms with Crippen molar-refractivity contribution in [1.29, 1.82) is 0 Å². The lowest BCUT2D eigenvalue weighted by atomic mass is 10.2. The molecule has 2 aromatic carbocycles. The van der Waals surface area contributed by atoms with Gasteiger partial charge in [0.1, 0.15) is 12.4 Å². The molecule has 0 saturated carbocycles. The number of aromatic nitrogens is 2. The summed E-state index contributed by atoms with van der Waals surface area (Å²) in [4.78, 5) is 20.3. The molecule has 2 aliphatic heterocycles. The first kappa shape index (κ1) is 7.28. The van der Waals surface area contributed by atoms with Crippen molar-refractivity contribution >= 4 is 28.6 Å². The maximum atomic E-state index is 14.2. The van der Waals surface area contributed by atoms with Gasteiger partial charge in [0.05, 0.1) is 51.1 Å². The van der Waals surface area contributed by atoms with Crippen LogP contribution in [0, 0.1) is 0 Å². The molecule has 33 heavy (non-hydrogen) atoms. The smallest absolute Gasteiger partial charge is 0.267 e. The number of anilines is 2. The molecule has 10 nitrogen and oxygen atoms in total. The van der Waals surface area contributed by atoms with Crippen LogP contribution in [0.2, 0.25) is 0 Å². The second kappa shape index (κ2) is 8.53. The number of nitrogens with zero attached hydrogens (tertiary/aromatic N) is 4. The van der Waals surface area contributed by atoms with Crippen LogP contribution in [-0.2, 0) is 4.79 Å². The van der Waals surface area contributed by atoms with Crippen LogP contribution in [0.25, 0.3) is 10.9 Å². The van der Waals surface area contributed by atoms with E-state index in [2.05, 4.69) is 9.97 Å². The van der Waals surface area contributed by atoms with Crippen LogP contribution in [0.5, 0.6) is 23.0 Å². The van der Waals surface area contributed by atoms with Crippen LogP contribution in [0.15, 0.2) is 36.3 Å². The summed E-state index contributed by atoms with van der Waals surface area (Å²) in [6.45, 7) is -20.7. The number of fused-ring (bicyclic) bond motifs is 2. The van der Waals surface area contributed by atoms with Gasteiger partial charge in [0.25, 0.3) is 5.91 Å². The molecule has 10 heteroatoms. The highest BCUT2D eigenvalue weighted by atomic mass is 16.6. The number of carbonyl (C=O) groups excluding carboxylic acids is 1. The molecule has 3 aromatic rings. The van der Waals surface area contributed by atoms with Gasteiger partial charge in [-0.1, -0.05) is 12.1 Å². The van der Waals surface area contributed by atoms with Crippen molar-refractivity contribution in [3.8, 4) is 23.0 Å². The van der Waals surface area contributed by atoms with Crippen molar-refractivity contribution in [2.24, 2.45) is 0 Å². The van der Waals surface area contributed by atoms with Gasteiger partial charge in [-0.25, -0.2) is 4.98 Å². The second-order valence-electron chi connectivity index (χ2n) is 5.96. The Morgan fingerprint density at radius 1 is 1.18 bits per heavy atom. The SMILES string of the molecule is [2H]c1c([2H])c([2H])c2c(c1[2H])OC([2H])([2H])C([2H])(C(=O)N1C([2H])([2H])C([2H])([2H])N(c3nc(N)c4c([2H])c(OC([2H])([2H])[2H])c(OC([2H])([2H])[2H])c([2H])c4n3)C([2H])([2H])C1([2H])[2H])O2. The van der Waals surface area contributed by atoms with Gasteiger partial charge in [0.2, 0.25) is 12.0 Å². The zero-order valence-electron chi connectivity index (χ0n) is 38.9. The maximum absolute atomic E-state index is 14.2. The van der Waals surface area contributed by atoms with E-state index in [1.54, 1.807) is 0 Å². The molecule has 1 saturated heterocycles. The second-order valence-corrected chi connectivity index (χ2v) is 5.96. The number of methoxy groups -OCH3 is 2. The van der Waals surface area contributed by atoms with Crippen molar-refractivity contribution in [3.63, 3.8) is 0 Å². The Morgan fingerprint density at radius 2 is 1.91 bits per heavy atom. The van der Waals surface area contributed by atoms with E-state index in [-0.39, 0.29) is 0 Å². The normalized spacial score (nSPS) is 38.5. The molecule has 1 amide bonds. The average molecular weight is 475 g/mol. The Bertz CT molecular complexity index is 2150. The zero-order chi connectivity index (χ0) is 43.1. The summed E-state index contributed by atoms with van der Waals surface area (Å²) in [5.74, 6) is -9.52.